The number of esters is 1. The Bertz CT molecular complexity index is 641. The molecule has 1 saturated carbocycles. The molecule has 148 valence electrons. The zero-order valence-electron chi connectivity index (χ0n) is 16.4. The van der Waals surface area contributed by atoms with Gasteiger partial charge in [-0.1, -0.05) is 19.3 Å². The van der Waals surface area contributed by atoms with Gasteiger partial charge < -0.3 is 15.0 Å². The number of piperazine rings is 1. The predicted octanol–water partition coefficient (Wildman–Crippen LogP) is 2.43. The summed E-state index contributed by atoms with van der Waals surface area (Å²) in [5.74, 6) is -0.159. The summed E-state index contributed by atoms with van der Waals surface area (Å²) in [7, 11) is 1.39. The first kappa shape index (κ1) is 19.7. The number of anilines is 1. The first-order valence-electron chi connectivity index (χ1n) is 10.0. The monoisotopic (exact) mass is 373 g/mol. The molecule has 6 heteroatoms. The Kier molecular flexibility index (Phi) is 6.72. The maximum atomic E-state index is 12.4. The Morgan fingerprint density at radius 1 is 1.11 bits per heavy atom. The van der Waals surface area contributed by atoms with Gasteiger partial charge in [0.15, 0.2) is 0 Å². The van der Waals surface area contributed by atoms with E-state index in [4.69, 9.17) is 4.74 Å². The summed E-state index contributed by atoms with van der Waals surface area (Å²) in [5.41, 5.74) is 1.66. The van der Waals surface area contributed by atoms with Crippen LogP contribution in [0.15, 0.2) is 24.3 Å². The molecule has 2 fully saturated rings. The normalized spacial score (nSPS) is 21.7. The zero-order chi connectivity index (χ0) is 19.2. The van der Waals surface area contributed by atoms with Crippen LogP contribution in [0.25, 0.3) is 0 Å². The highest BCUT2D eigenvalue weighted by Gasteiger charge is 2.26. The topological polar surface area (TPSA) is 61.9 Å². The van der Waals surface area contributed by atoms with Crippen molar-refractivity contribution in [3.05, 3.63) is 29.8 Å². The van der Waals surface area contributed by atoms with Crippen LogP contribution >= 0.6 is 0 Å². The highest BCUT2D eigenvalue weighted by molar-refractivity contribution is 5.89. The second-order valence-electron chi connectivity index (χ2n) is 7.71. The number of hydrogen-bond acceptors (Lipinski definition) is 5. The Morgan fingerprint density at radius 2 is 1.81 bits per heavy atom. The summed E-state index contributed by atoms with van der Waals surface area (Å²) in [4.78, 5) is 28.5. The maximum Gasteiger partial charge on any atom is 0.337 e. The second-order valence-corrected chi connectivity index (χ2v) is 7.71. The van der Waals surface area contributed by atoms with Crippen molar-refractivity contribution in [3.8, 4) is 0 Å². The lowest BCUT2D eigenvalue weighted by molar-refractivity contribution is -0.123. The lowest BCUT2D eigenvalue weighted by Crippen LogP contribution is -2.55. The van der Waals surface area contributed by atoms with Crippen LogP contribution in [0.1, 0.15) is 49.4 Å². The number of nitrogens with one attached hydrogen (secondary N) is 1. The van der Waals surface area contributed by atoms with Crippen molar-refractivity contribution in [1.29, 1.82) is 0 Å². The van der Waals surface area contributed by atoms with Crippen molar-refractivity contribution in [3.63, 3.8) is 0 Å². The number of ether oxygens (including phenoxy) is 1. The van der Waals surface area contributed by atoms with Crippen molar-refractivity contribution in [1.82, 2.24) is 10.2 Å². The number of amides is 1. The minimum Gasteiger partial charge on any atom is -0.465 e. The molecule has 0 radical (unpaired) electrons. The van der Waals surface area contributed by atoms with Gasteiger partial charge in [0.05, 0.1) is 19.2 Å². The van der Waals surface area contributed by atoms with E-state index in [-0.39, 0.29) is 11.9 Å². The van der Waals surface area contributed by atoms with Crippen LogP contribution in [0.4, 0.5) is 5.69 Å². The molecule has 1 atom stereocenters. The average molecular weight is 373 g/mol. The van der Waals surface area contributed by atoms with Crippen LogP contribution in [0, 0.1) is 0 Å². The summed E-state index contributed by atoms with van der Waals surface area (Å²) in [5, 5.41) is 3.21. The fourth-order valence-corrected chi connectivity index (χ4v) is 4.10. The smallest absolute Gasteiger partial charge is 0.337 e. The van der Waals surface area contributed by atoms with E-state index in [2.05, 4.69) is 22.0 Å². The number of benzene rings is 1. The maximum absolute atomic E-state index is 12.4. The summed E-state index contributed by atoms with van der Waals surface area (Å²) >= 11 is 0. The summed E-state index contributed by atoms with van der Waals surface area (Å²) in [6.45, 7) is 5.25. The molecule has 27 heavy (non-hydrogen) atoms. The van der Waals surface area contributed by atoms with Crippen molar-refractivity contribution in [2.75, 3.05) is 38.2 Å². The first-order chi connectivity index (χ1) is 13.1. The molecule has 1 aromatic rings. The molecule has 3 rings (SSSR count). The minimum atomic E-state index is -0.316. The standard InChI is InChI=1S/C21H31N3O3/c1-16-14-24(19-10-8-17(9-11-19)21(26)27-2)13-12-23(16)15-20(25)22-18-6-4-3-5-7-18/h8-11,16,18H,3-7,12-15H2,1-2H3,(H,22,25). The summed E-state index contributed by atoms with van der Waals surface area (Å²) < 4.78 is 4.75. The van der Waals surface area contributed by atoms with Crippen LogP contribution in [-0.2, 0) is 9.53 Å². The molecule has 2 aliphatic rings. The van der Waals surface area contributed by atoms with E-state index in [1.54, 1.807) is 12.1 Å². The predicted molar refractivity (Wildman–Crippen MR) is 106 cm³/mol. The largest absolute Gasteiger partial charge is 0.465 e. The second kappa shape index (κ2) is 9.22. The van der Waals surface area contributed by atoms with Gasteiger partial charge in [-0.25, -0.2) is 4.79 Å². The average Bonchev–Trinajstić information content (AvgIpc) is 2.70. The van der Waals surface area contributed by atoms with E-state index >= 15 is 0 Å². The van der Waals surface area contributed by atoms with Crippen molar-refractivity contribution in [2.45, 2.75) is 51.1 Å². The van der Waals surface area contributed by atoms with E-state index in [0.29, 0.717) is 24.2 Å². The van der Waals surface area contributed by atoms with Gasteiger partial charge in [0.25, 0.3) is 0 Å². The Hall–Kier alpha value is -2.08. The molecule has 1 aromatic carbocycles. The quantitative estimate of drug-likeness (QED) is 0.804. The van der Waals surface area contributed by atoms with E-state index in [1.807, 2.05) is 12.1 Å². The van der Waals surface area contributed by atoms with E-state index < -0.39 is 0 Å². The molecule has 1 unspecified atom stereocenters. The highest BCUT2D eigenvalue weighted by Crippen LogP contribution is 2.21. The van der Waals surface area contributed by atoms with Crippen LogP contribution in [-0.4, -0.2) is 62.1 Å². The van der Waals surface area contributed by atoms with Gasteiger partial charge in [-0.2, -0.15) is 0 Å². The third-order valence-corrected chi connectivity index (χ3v) is 5.74. The molecule has 6 nitrogen and oxygen atoms in total. The molecule has 0 bridgehead atoms. The van der Waals surface area contributed by atoms with Gasteiger partial charge in [0, 0.05) is 37.4 Å². The zero-order valence-corrected chi connectivity index (χ0v) is 16.4. The molecule has 1 saturated heterocycles. The third kappa shape index (κ3) is 5.22. The highest BCUT2D eigenvalue weighted by atomic mass is 16.5. The lowest BCUT2D eigenvalue weighted by Gasteiger charge is -2.40. The molecular weight excluding hydrogens is 342 g/mol. The lowest BCUT2D eigenvalue weighted by atomic mass is 9.95. The van der Waals surface area contributed by atoms with E-state index in [1.165, 1.54) is 26.4 Å². The SMILES string of the molecule is COC(=O)c1ccc(N2CCN(CC(=O)NC3CCCCC3)C(C)C2)cc1. The summed E-state index contributed by atoms with van der Waals surface area (Å²) in [6, 6.07) is 8.20. The molecule has 1 heterocycles. The van der Waals surface area contributed by atoms with E-state index in [9.17, 15) is 9.59 Å². The van der Waals surface area contributed by atoms with Crippen LogP contribution < -0.4 is 10.2 Å². The third-order valence-electron chi connectivity index (χ3n) is 5.74. The van der Waals surface area contributed by atoms with Gasteiger partial charge in [-0.05, 0) is 44.0 Å². The molecule has 0 aromatic heterocycles. The van der Waals surface area contributed by atoms with Crippen LogP contribution in [0.2, 0.25) is 0 Å². The molecule has 1 aliphatic carbocycles. The Labute approximate surface area is 161 Å². The minimum absolute atomic E-state index is 0.157. The summed E-state index contributed by atoms with van der Waals surface area (Å²) in [6.07, 6.45) is 6.00. The molecule has 0 spiro atoms. The van der Waals surface area contributed by atoms with Crippen LogP contribution in [0.3, 0.4) is 0 Å². The van der Waals surface area contributed by atoms with E-state index in [0.717, 1.165) is 38.2 Å². The number of rotatable bonds is 5. The van der Waals surface area contributed by atoms with Crippen molar-refractivity contribution >= 4 is 17.6 Å². The number of carbonyl (C=O) groups is 2. The molecule has 1 amide bonds. The number of carbonyl (C=O) groups excluding carboxylic acids is 2. The first-order valence-corrected chi connectivity index (χ1v) is 10.0. The molecular formula is C21H31N3O3. The molecule has 1 aliphatic heterocycles. The van der Waals surface area contributed by atoms with Gasteiger partial charge in [-0.3, -0.25) is 9.69 Å². The number of nitrogens with zero attached hydrogens (tertiary/aromatic N) is 2. The fourth-order valence-electron chi connectivity index (χ4n) is 4.10. The molecule has 1 N–H and O–H groups in total. The number of hydrogen-bond donors (Lipinski definition) is 1. The van der Waals surface area contributed by atoms with Crippen molar-refractivity contribution < 1.29 is 14.3 Å². The fraction of sp³-hybridized carbons (Fsp3) is 0.619. The van der Waals surface area contributed by atoms with Crippen molar-refractivity contribution in [2.24, 2.45) is 0 Å². The van der Waals surface area contributed by atoms with Gasteiger partial charge >= 0.3 is 5.97 Å². The Morgan fingerprint density at radius 3 is 2.44 bits per heavy atom. The van der Waals surface area contributed by atoms with Gasteiger partial charge in [0.1, 0.15) is 0 Å². The number of methoxy groups -OCH3 is 1. The van der Waals surface area contributed by atoms with Gasteiger partial charge in [0.2, 0.25) is 5.91 Å². The van der Waals surface area contributed by atoms with Crippen LogP contribution in [0.5, 0.6) is 0 Å². The van der Waals surface area contributed by atoms with Gasteiger partial charge in [-0.15, -0.1) is 0 Å². The Balaban J connectivity index is 1.49.